The van der Waals surface area contributed by atoms with Crippen molar-refractivity contribution in [2.45, 2.75) is 13.3 Å². The van der Waals surface area contributed by atoms with Gasteiger partial charge in [-0.05, 0) is 42.3 Å². The van der Waals surface area contributed by atoms with Gasteiger partial charge in [0.25, 0.3) is 5.91 Å². The van der Waals surface area contributed by atoms with Crippen LogP contribution in [0.1, 0.15) is 22.8 Å². The molecule has 2 rings (SSSR count). The molecule has 0 radical (unpaired) electrons. The topological polar surface area (TPSA) is 71.1 Å². The summed E-state index contributed by atoms with van der Waals surface area (Å²) in [6.45, 7) is 2.00. The Labute approximate surface area is 123 Å². The third kappa shape index (κ3) is 4.72. The lowest BCUT2D eigenvalue weighted by Gasteiger charge is -2.06. The number of anilines is 1. The SMILES string of the molecule is CC(=O)Nc1ccc(C(=O)NCCc2cccnc2)cc1. The first-order valence-electron chi connectivity index (χ1n) is 6.70. The van der Waals surface area contributed by atoms with Gasteiger partial charge < -0.3 is 10.6 Å². The van der Waals surface area contributed by atoms with Gasteiger partial charge in [-0.2, -0.15) is 0 Å². The van der Waals surface area contributed by atoms with E-state index in [2.05, 4.69) is 15.6 Å². The van der Waals surface area contributed by atoms with Crippen molar-refractivity contribution in [3.63, 3.8) is 0 Å². The van der Waals surface area contributed by atoms with Crippen molar-refractivity contribution in [1.82, 2.24) is 10.3 Å². The van der Waals surface area contributed by atoms with E-state index in [0.717, 1.165) is 12.0 Å². The van der Waals surface area contributed by atoms with E-state index in [-0.39, 0.29) is 11.8 Å². The smallest absolute Gasteiger partial charge is 0.251 e. The molecular weight excluding hydrogens is 266 g/mol. The lowest BCUT2D eigenvalue weighted by atomic mass is 10.1. The maximum atomic E-state index is 12.0. The summed E-state index contributed by atoms with van der Waals surface area (Å²) in [6.07, 6.45) is 4.25. The molecule has 1 heterocycles. The molecule has 0 aliphatic carbocycles. The molecule has 0 fully saturated rings. The van der Waals surface area contributed by atoms with Gasteiger partial charge in [0.05, 0.1) is 0 Å². The first kappa shape index (κ1) is 14.7. The maximum absolute atomic E-state index is 12.0. The predicted molar refractivity (Wildman–Crippen MR) is 81.0 cm³/mol. The second-order valence-electron chi connectivity index (χ2n) is 4.63. The number of hydrogen-bond donors (Lipinski definition) is 2. The van der Waals surface area contributed by atoms with E-state index in [1.54, 1.807) is 36.7 Å². The highest BCUT2D eigenvalue weighted by molar-refractivity contribution is 5.95. The van der Waals surface area contributed by atoms with Crippen molar-refractivity contribution >= 4 is 17.5 Å². The van der Waals surface area contributed by atoms with E-state index < -0.39 is 0 Å². The number of nitrogens with zero attached hydrogens (tertiary/aromatic N) is 1. The van der Waals surface area contributed by atoms with Crippen LogP contribution in [0.2, 0.25) is 0 Å². The molecule has 2 aromatic rings. The summed E-state index contributed by atoms with van der Waals surface area (Å²) in [5, 5.41) is 5.51. The fourth-order valence-corrected chi connectivity index (χ4v) is 1.88. The molecule has 0 bridgehead atoms. The van der Waals surface area contributed by atoms with Gasteiger partial charge in [0.15, 0.2) is 0 Å². The summed E-state index contributed by atoms with van der Waals surface area (Å²) < 4.78 is 0. The molecule has 0 unspecified atom stereocenters. The van der Waals surface area contributed by atoms with E-state index in [1.807, 2.05) is 12.1 Å². The predicted octanol–water partition coefficient (Wildman–Crippen LogP) is 2.01. The molecule has 5 heteroatoms. The second-order valence-corrected chi connectivity index (χ2v) is 4.63. The van der Waals surface area contributed by atoms with Crippen molar-refractivity contribution in [3.05, 3.63) is 59.9 Å². The molecule has 5 nitrogen and oxygen atoms in total. The normalized spacial score (nSPS) is 9.95. The van der Waals surface area contributed by atoms with E-state index in [9.17, 15) is 9.59 Å². The fourth-order valence-electron chi connectivity index (χ4n) is 1.88. The van der Waals surface area contributed by atoms with Crippen LogP contribution in [0.25, 0.3) is 0 Å². The van der Waals surface area contributed by atoms with Gasteiger partial charge in [0.1, 0.15) is 0 Å². The number of benzene rings is 1. The summed E-state index contributed by atoms with van der Waals surface area (Å²) in [5.74, 6) is -0.267. The number of aromatic nitrogens is 1. The Hall–Kier alpha value is -2.69. The largest absolute Gasteiger partial charge is 0.352 e. The molecule has 2 amide bonds. The van der Waals surface area contributed by atoms with Gasteiger partial charge in [0, 0.05) is 37.1 Å². The van der Waals surface area contributed by atoms with Crippen LogP contribution in [0, 0.1) is 0 Å². The summed E-state index contributed by atoms with van der Waals surface area (Å²) >= 11 is 0. The molecule has 0 saturated carbocycles. The van der Waals surface area contributed by atoms with Crippen LogP contribution >= 0.6 is 0 Å². The lowest BCUT2D eigenvalue weighted by molar-refractivity contribution is -0.114. The van der Waals surface area contributed by atoms with Crippen LogP contribution in [0.5, 0.6) is 0 Å². The molecule has 0 atom stereocenters. The molecule has 0 spiro atoms. The number of amides is 2. The third-order valence-electron chi connectivity index (χ3n) is 2.89. The molecular formula is C16H17N3O2. The Balaban J connectivity index is 1.84. The molecule has 0 aliphatic heterocycles. The Morgan fingerprint density at radius 2 is 1.90 bits per heavy atom. The number of hydrogen-bond acceptors (Lipinski definition) is 3. The Morgan fingerprint density at radius 3 is 2.52 bits per heavy atom. The zero-order chi connectivity index (χ0) is 15.1. The Bertz CT molecular complexity index is 609. The first-order valence-corrected chi connectivity index (χ1v) is 6.70. The molecule has 21 heavy (non-hydrogen) atoms. The van der Waals surface area contributed by atoms with Crippen LogP contribution in [-0.4, -0.2) is 23.3 Å². The van der Waals surface area contributed by atoms with E-state index in [1.165, 1.54) is 6.92 Å². The van der Waals surface area contributed by atoms with Gasteiger partial charge in [-0.1, -0.05) is 6.07 Å². The van der Waals surface area contributed by atoms with Gasteiger partial charge >= 0.3 is 0 Å². The highest BCUT2D eigenvalue weighted by Gasteiger charge is 2.05. The van der Waals surface area contributed by atoms with Crippen molar-refractivity contribution in [2.75, 3.05) is 11.9 Å². The summed E-state index contributed by atoms with van der Waals surface area (Å²) in [6, 6.07) is 10.6. The summed E-state index contributed by atoms with van der Waals surface area (Å²) in [7, 11) is 0. The average molecular weight is 283 g/mol. The van der Waals surface area contributed by atoms with Gasteiger partial charge in [-0.25, -0.2) is 0 Å². The fraction of sp³-hybridized carbons (Fsp3) is 0.188. The van der Waals surface area contributed by atoms with Crippen molar-refractivity contribution in [3.8, 4) is 0 Å². The van der Waals surface area contributed by atoms with Crippen LogP contribution in [0.3, 0.4) is 0 Å². The zero-order valence-corrected chi connectivity index (χ0v) is 11.8. The highest BCUT2D eigenvalue weighted by Crippen LogP contribution is 2.09. The quantitative estimate of drug-likeness (QED) is 0.881. The summed E-state index contributed by atoms with van der Waals surface area (Å²) in [5.41, 5.74) is 2.32. The second kappa shape index (κ2) is 7.19. The minimum absolute atomic E-state index is 0.131. The van der Waals surface area contributed by atoms with Crippen molar-refractivity contribution in [2.24, 2.45) is 0 Å². The Morgan fingerprint density at radius 1 is 1.14 bits per heavy atom. The number of carbonyl (C=O) groups excluding carboxylic acids is 2. The van der Waals surface area contributed by atoms with Crippen LogP contribution < -0.4 is 10.6 Å². The number of pyridine rings is 1. The minimum atomic E-state index is -0.135. The molecule has 0 aliphatic rings. The van der Waals surface area contributed by atoms with E-state index >= 15 is 0 Å². The molecule has 0 saturated heterocycles. The summed E-state index contributed by atoms with van der Waals surface area (Å²) in [4.78, 5) is 26.9. The van der Waals surface area contributed by atoms with Gasteiger partial charge in [-0.3, -0.25) is 14.6 Å². The van der Waals surface area contributed by atoms with E-state index in [4.69, 9.17) is 0 Å². The van der Waals surface area contributed by atoms with Crippen molar-refractivity contribution in [1.29, 1.82) is 0 Å². The van der Waals surface area contributed by atoms with Crippen molar-refractivity contribution < 1.29 is 9.59 Å². The standard InChI is InChI=1S/C16H17N3O2/c1-12(20)19-15-6-4-14(5-7-15)16(21)18-10-8-13-3-2-9-17-11-13/h2-7,9,11H,8,10H2,1H3,(H,18,21)(H,19,20). The number of rotatable bonds is 5. The van der Waals surface area contributed by atoms with Crippen LogP contribution in [0.4, 0.5) is 5.69 Å². The monoisotopic (exact) mass is 283 g/mol. The number of nitrogens with one attached hydrogen (secondary N) is 2. The molecule has 1 aromatic carbocycles. The number of carbonyl (C=O) groups is 2. The first-order chi connectivity index (χ1) is 10.1. The molecule has 108 valence electrons. The molecule has 1 aromatic heterocycles. The van der Waals surface area contributed by atoms with Gasteiger partial charge in [0.2, 0.25) is 5.91 Å². The minimum Gasteiger partial charge on any atom is -0.352 e. The highest BCUT2D eigenvalue weighted by atomic mass is 16.2. The van der Waals surface area contributed by atoms with Crippen LogP contribution in [-0.2, 0) is 11.2 Å². The Kier molecular flexibility index (Phi) is 5.04. The van der Waals surface area contributed by atoms with Gasteiger partial charge in [-0.15, -0.1) is 0 Å². The average Bonchev–Trinajstić information content (AvgIpc) is 2.48. The maximum Gasteiger partial charge on any atom is 0.251 e. The zero-order valence-electron chi connectivity index (χ0n) is 11.8. The third-order valence-corrected chi connectivity index (χ3v) is 2.89. The molecule has 2 N–H and O–H groups in total. The lowest BCUT2D eigenvalue weighted by Crippen LogP contribution is -2.25. The van der Waals surface area contributed by atoms with Crippen LogP contribution in [0.15, 0.2) is 48.8 Å². The van der Waals surface area contributed by atoms with E-state index in [0.29, 0.717) is 17.8 Å².